The molecule has 6 nitrogen and oxygen atoms in total. The molecule has 1 aliphatic heterocycles. The lowest BCUT2D eigenvalue weighted by Crippen LogP contribution is -2.42. The minimum Gasteiger partial charge on any atom is -0.374 e. The van der Waals surface area contributed by atoms with Gasteiger partial charge in [-0.15, -0.1) is 0 Å². The van der Waals surface area contributed by atoms with E-state index < -0.39 is 0 Å². The van der Waals surface area contributed by atoms with Crippen LogP contribution in [0.5, 0.6) is 0 Å². The van der Waals surface area contributed by atoms with Gasteiger partial charge in [0, 0.05) is 45.8 Å². The number of nitrogens with one attached hydrogen (secondary N) is 2. The zero-order chi connectivity index (χ0) is 20.9. The van der Waals surface area contributed by atoms with E-state index in [4.69, 9.17) is 4.74 Å². The van der Waals surface area contributed by atoms with Crippen LogP contribution in [0.15, 0.2) is 35.3 Å². The van der Waals surface area contributed by atoms with Crippen LogP contribution < -0.4 is 10.6 Å². The summed E-state index contributed by atoms with van der Waals surface area (Å²) in [5.41, 5.74) is 1.19. The van der Waals surface area contributed by atoms with E-state index in [1.165, 1.54) is 12.0 Å². The summed E-state index contributed by atoms with van der Waals surface area (Å²) >= 11 is 0. The summed E-state index contributed by atoms with van der Waals surface area (Å²) in [5, 5.41) is 6.52. The normalized spacial score (nSPS) is 18.4. The smallest absolute Gasteiger partial charge is 0.224 e. The summed E-state index contributed by atoms with van der Waals surface area (Å²) in [5.74, 6) is 1.62. The molecule has 2 rings (SSSR count). The standard InChI is InChI=1S/C23H38N4O2/c1-4-24-23(26-15-13-22(28)27-16-8-10-19(2)18-27)25-14-9-17-29-20(3)21-11-6-5-7-12-21/h5-7,11-12,19-20H,4,8-10,13-18H2,1-3H3,(H2,24,25,26). The summed E-state index contributed by atoms with van der Waals surface area (Å²) in [6.07, 6.45) is 3.81. The van der Waals surface area contributed by atoms with Gasteiger partial charge in [0.25, 0.3) is 0 Å². The first-order chi connectivity index (χ1) is 14.1. The second-order valence-electron chi connectivity index (χ2n) is 7.80. The highest BCUT2D eigenvalue weighted by atomic mass is 16.5. The second-order valence-corrected chi connectivity index (χ2v) is 7.80. The Kier molecular flexibility index (Phi) is 10.6. The molecule has 2 N–H and O–H groups in total. The van der Waals surface area contributed by atoms with Crippen LogP contribution in [-0.4, -0.2) is 56.1 Å². The summed E-state index contributed by atoms with van der Waals surface area (Å²) in [4.78, 5) is 19.0. The number of rotatable bonds is 10. The van der Waals surface area contributed by atoms with Gasteiger partial charge in [-0.05, 0) is 44.6 Å². The van der Waals surface area contributed by atoms with Gasteiger partial charge < -0.3 is 20.3 Å². The molecule has 1 heterocycles. The molecule has 1 aromatic carbocycles. The van der Waals surface area contributed by atoms with Crippen LogP contribution in [0.25, 0.3) is 0 Å². The number of hydrogen-bond donors (Lipinski definition) is 2. The fourth-order valence-corrected chi connectivity index (χ4v) is 3.54. The molecule has 1 amide bonds. The molecule has 1 aliphatic rings. The topological polar surface area (TPSA) is 66.0 Å². The molecule has 0 aromatic heterocycles. The molecule has 0 spiro atoms. The molecule has 1 saturated heterocycles. The van der Waals surface area contributed by atoms with Gasteiger partial charge in [-0.1, -0.05) is 37.3 Å². The highest BCUT2D eigenvalue weighted by Gasteiger charge is 2.20. The molecule has 0 radical (unpaired) electrons. The van der Waals surface area contributed by atoms with E-state index in [0.717, 1.165) is 38.4 Å². The van der Waals surface area contributed by atoms with E-state index in [0.29, 0.717) is 32.0 Å². The van der Waals surface area contributed by atoms with Crippen molar-refractivity contribution in [2.75, 3.05) is 39.3 Å². The highest BCUT2D eigenvalue weighted by molar-refractivity contribution is 5.81. The number of carbonyl (C=O) groups excluding carboxylic acids is 1. The van der Waals surface area contributed by atoms with Gasteiger partial charge in [-0.3, -0.25) is 9.79 Å². The fourth-order valence-electron chi connectivity index (χ4n) is 3.54. The van der Waals surface area contributed by atoms with Crippen molar-refractivity contribution >= 4 is 11.9 Å². The van der Waals surface area contributed by atoms with Gasteiger partial charge in [0.2, 0.25) is 5.91 Å². The van der Waals surface area contributed by atoms with E-state index in [1.54, 1.807) is 0 Å². The molecule has 2 unspecified atom stereocenters. The van der Waals surface area contributed by atoms with Crippen LogP contribution in [0.1, 0.15) is 58.1 Å². The highest BCUT2D eigenvalue weighted by Crippen LogP contribution is 2.16. The SMILES string of the molecule is CCNC(=NCCCOC(C)c1ccccc1)NCCC(=O)N1CCCC(C)C1. The third-order valence-electron chi connectivity index (χ3n) is 5.19. The lowest BCUT2D eigenvalue weighted by molar-refractivity contribution is -0.132. The minimum atomic E-state index is 0.0926. The van der Waals surface area contributed by atoms with E-state index in [2.05, 4.69) is 41.6 Å². The minimum absolute atomic E-state index is 0.0926. The Balaban J connectivity index is 1.64. The summed E-state index contributed by atoms with van der Waals surface area (Å²) in [6, 6.07) is 10.2. The Hall–Kier alpha value is -2.08. The second kappa shape index (κ2) is 13.2. The molecular formula is C23H38N4O2. The van der Waals surface area contributed by atoms with Crippen molar-refractivity contribution in [2.24, 2.45) is 10.9 Å². The van der Waals surface area contributed by atoms with Crippen molar-refractivity contribution in [1.29, 1.82) is 0 Å². The van der Waals surface area contributed by atoms with E-state index in [1.807, 2.05) is 30.0 Å². The molecule has 0 bridgehead atoms. The molecule has 162 valence electrons. The number of amides is 1. The lowest BCUT2D eigenvalue weighted by atomic mass is 10.00. The molecule has 0 aliphatic carbocycles. The van der Waals surface area contributed by atoms with Gasteiger partial charge in [-0.25, -0.2) is 0 Å². The number of hydrogen-bond acceptors (Lipinski definition) is 3. The Morgan fingerprint density at radius 2 is 2.10 bits per heavy atom. The monoisotopic (exact) mass is 402 g/mol. The third-order valence-corrected chi connectivity index (χ3v) is 5.19. The Bertz CT molecular complexity index is 621. The lowest BCUT2D eigenvalue weighted by Gasteiger charge is -2.31. The van der Waals surface area contributed by atoms with Crippen molar-refractivity contribution in [2.45, 2.75) is 52.6 Å². The molecule has 0 saturated carbocycles. The molecule has 1 fully saturated rings. The maximum atomic E-state index is 12.4. The van der Waals surface area contributed by atoms with Crippen LogP contribution in [0, 0.1) is 5.92 Å². The summed E-state index contributed by atoms with van der Waals surface area (Å²) < 4.78 is 5.90. The molecule has 29 heavy (non-hydrogen) atoms. The predicted molar refractivity (Wildman–Crippen MR) is 119 cm³/mol. The van der Waals surface area contributed by atoms with Gasteiger partial charge >= 0.3 is 0 Å². The van der Waals surface area contributed by atoms with Crippen molar-refractivity contribution < 1.29 is 9.53 Å². The Labute approximate surface area is 176 Å². The Morgan fingerprint density at radius 1 is 1.31 bits per heavy atom. The first kappa shape index (κ1) is 23.2. The first-order valence-corrected chi connectivity index (χ1v) is 11.1. The van der Waals surface area contributed by atoms with Crippen molar-refractivity contribution in [3.63, 3.8) is 0 Å². The van der Waals surface area contributed by atoms with E-state index >= 15 is 0 Å². The van der Waals surface area contributed by atoms with Crippen molar-refractivity contribution in [3.8, 4) is 0 Å². The number of guanidine groups is 1. The van der Waals surface area contributed by atoms with Gasteiger partial charge in [0.1, 0.15) is 0 Å². The molecule has 2 atom stereocenters. The zero-order valence-electron chi connectivity index (χ0n) is 18.3. The largest absolute Gasteiger partial charge is 0.374 e. The number of carbonyl (C=O) groups is 1. The quantitative estimate of drug-likeness (QED) is 0.358. The van der Waals surface area contributed by atoms with Crippen molar-refractivity contribution in [1.82, 2.24) is 15.5 Å². The van der Waals surface area contributed by atoms with Crippen LogP contribution >= 0.6 is 0 Å². The van der Waals surface area contributed by atoms with E-state index in [-0.39, 0.29) is 12.0 Å². The van der Waals surface area contributed by atoms with Crippen LogP contribution in [0.2, 0.25) is 0 Å². The summed E-state index contributed by atoms with van der Waals surface area (Å²) in [7, 11) is 0. The maximum Gasteiger partial charge on any atom is 0.224 e. The predicted octanol–water partition coefficient (Wildman–Crippen LogP) is 3.36. The molecule has 6 heteroatoms. The van der Waals surface area contributed by atoms with E-state index in [9.17, 15) is 4.79 Å². The number of benzene rings is 1. The number of aliphatic imine (C=N–C) groups is 1. The maximum absolute atomic E-state index is 12.4. The number of nitrogens with zero attached hydrogens (tertiary/aromatic N) is 2. The fraction of sp³-hybridized carbons (Fsp3) is 0.652. The van der Waals surface area contributed by atoms with Crippen LogP contribution in [-0.2, 0) is 9.53 Å². The first-order valence-electron chi connectivity index (χ1n) is 11.1. The number of ether oxygens (including phenoxy) is 1. The third kappa shape index (κ3) is 8.86. The van der Waals surface area contributed by atoms with Crippen LogP contribution in [0.4, 0.5) is 0 Å². The average Bonchev–Trinajstić information content (AvgIpc) is 2.73. The van der Waals surface area contributed by atoms with Crippen LogP contribution in [0.3, 0.4) is 0 Å². The Morgan fingerprint density at radius 3 is 2.83 bits per heavy atom. The van der Waals surface area contributed by atoms with Gasteiger partial charge in [0.05, 0.1) is 6.10 Å². The number of likely N-dealkylation sites (tertiary alicyclic amines) is 1. The number of piperidine rings is 1. The van der Waals surface area contributed by atoms with Gasteiger partial charge in [0.15, 0.2) is 5.96 Å². The molecule has 1 aromatic rings. The summed E-state index contributed by atoms with van der Waals surface area (Å²) in [6.45, 7) is 10.9. The van der Waals surface area contributed by atoms with Crippen molar-refractivity contribution in [3.05, 3.63) is 35.9 Å². The van der Waals surface area contributed by atoms with Gasteiger partial charge in [-0.2, -0.15) is 0 Å². The zero-order valence-corrected chi connectivity index (χ0v) is 18.3. The molecular weight excluding hydrogens is 364 g/mol. The average molecular weight is 403 g/mol.